The summed E-state index contributed by atoms with van der Waals surface area (Å²) < 4.78 is 1.17. The lowest BCUT2D eigenvalue weighted by atomic mass is 10.1. The van der Waals surface area contributed by atoms with Crippen molar-refractivity contribution in [3.05, 3.63) is 87.2 Å². The summed E-state index contributed by atoms with van der Waals surface area (Å²) in [5.74, 6) is -1.83. The average Bonchev–Trinajstić information content (AvgIpc) is 3.00. The summed E-state index contributed by atoms with van der Waals surface area (Å²) in [5, 5.41) is 11.4. The molecule has 0 saturated heterocycles. The Balaban J connectivity index is 1.61. The first-order valence-corrected chi connectivity index (χ1v) is 9.81. The van der Waals surface area contributed by atoms with Gasteiger partial charge in [0, 0.05) is 16.7 Å². The number of carboxylic acid groups (broad SMARTS) is 1. The molecule has 1 aliphatic heterocycles. The second-order valence-corrected chi connectivity index (χ2v) is 7.55. The number of imide groups is 1. The molecule has 0 aliphatic carbocycles. The topological polar surface area (TPSA) is 131 Å². The lowest BCUT2D eigenvalue weighted by Crippen LogP contribution is -2.24. The molecule has 4 N–H and O–H groups in total. The molecule has 1 aliphatic rings. The van der Waals surface area contributed by atoms with Crippen molar-refractivity contribution in [2.45, 2.75) is 10.6 Å². The highest BCUT2D eigenvalue weighted by Crippen LogP contribution is 2.27. The summed E-state index contributed by atoms with van der Waals surface area (Å²) in [6, 6.07) is 14.8. The summed E-state index contributed by atoms with van der Waals surface area (Å²) in [4.78, 5) is 48.2. The number of pyridine rings is 1. The van der Waals surface area contributed by atoms with Crippen LogP contribution in [-0.2, 0) is 5.75 Å². The molecule has 0 saturated carbocycles. The van der Waals surface area contributed by atoms with Crippen molar-refractivity contribution in [3.63, 3.8) is 0 Å². The largest absolute Gasteiger partial charge is 0.478 e. The van der Waals surface area contributed by atoms with Gasteiger partial charge >= 0.3 is 5.97 Å². The summed E-state index contributed by atoms with van der Waals surface area (Å²) in [5.41, 5.74) is 7.07. The molecule has 30 heavy (non-hydrogen) atoms. The molecular formula is C21H15N3O5S. The number of anilines is 1. The number of amides is 2. The van der Waals surface area contributed by atoms with Crippen LogP contribution < -0.4 is 16.6 Å². The van der Waals surface area contributed by atoms with E-state index in [2.05, 4.69) is 5.32 Å². The molecule has 8 nitrogen and oxygen atoms in total. The molecule has 3 aromatic rings. The van der Waals surface area contributed by atoms with Crippen LogP contribution in [0.2, 0.25) is 0 Å². The lowest BCUT2D eigenvalue weighted by Gasteiger charge is -2.12. The maximum atomic E-state index is 12.5. The van der Waals surface area contributed by atoms with Crippen LogP contribution in [0.3, 0.4) is 0 Å². The van der Waals surface area contributed by atoms with E-state index in [1.165, 1.54) is 16.3 Å². The molecule has 1 aromatic heterocycles. The smallest absolute Gasteiger partial charge is 0.336 e. The fourth-order valence-corrected chi connectivity index (χ4v) is 4.22. The zero-order valence-electron chi connectivity index (χ0n) is 15.4. The Morgan fingerprint density at radius 3 is 2.43 bits per heavy atom. The number of aromatic carboxylic acids is 1. The average molecular weight is 421 g/mol. The van der Waals surface area contributed by atoms with Gasteiger partial charge in [0.25, 0.3) is 17.4 Å². The van der Waals surface area contributed by atoms with Crippen LogP contribution in [0.25, 0.3) is 5.69 Å². The second-order valence-electron chi connectivity index (χ2n) is 6.53. The van der Waals surface area contributed by atoms with E-state index in [0.29, 0.717) is 16.3 Å². The van der Waals surface area contributed by atoms with Gasteiger partial charge in [0.05, 0.1) is 22.4 Å². The molecule has 2 aromatic carbocycles. The Morgan fingerprint density at radius 2 is 1.73 bits per heavy atom. The van der Waals surface area contributed by atoms with Crippen LogP contribution in [0.1, 0.15) is 36.6 Å². The first-order chi connectivity index (χ1) is 14.4. The van der Waals surface area contributed by atoms with Crippen LogP contribution in [0.4, 0.5) is 5.82 Å². The molecule has 0 spiro atoms. The predicted molar refractivity (Wildman–Crippen MR) is 111 cm³/mol. The summed E-state index contributed by atoms with van der Waals surface area (Å²) in [6.45, 7) is 0. The highest BCUT2D eigenvalue weighted by atomic mass is 32.2. The quantitative estimate of drug-likeness (QED) is 0.425. The molecular weight excluding hydrogens is 406 g/mol. The minimum Gasteiger partial charge on any atom is -0.478 e. The molecule has 9 heteroatoms. The monoisotopic (exact) mass is 421 g/mol. The van der Waals surface area contributed by atoms with Crippen LogP contribution in [0, 0.1) is 0 Å². The van der Waals surface area contributed by atoms with Crippen molar-refractivity contribution in [1.82, 2.24) is 9.88 Å². The number of thioether (sulfide) groups is 1. The minimum absolute atomic E-state index is 0.00971. The third kappa shape index (κ3) is 3.35. The highest BCUT2D eigenvalue weighted by molar-refractivity contribution is 7.98. The van der Waals surface area contributed by atoms with E-state index in [-0.39, 0.29) is 22.5 Å². The third-order valence-electron chi connectivity index (χ3n) is 4.66. The standard InChI is InChI=1S/C21H15N3O5S/c22-18-17-14(19(26)23-20(17)27)9-16(25)24(18)12-7-5-11(6-8-12)10-30-15-4-2-1-3-13(15)21(28)29/h1-9H,10,22H2,(H,28,29)(H,23,26,27). The number of hydrogen-bond acceptors (Lipinski definition) is 6. The normalized spacial score (nSPS) is 12.5. The number of carbonyl (C=O) groups excluding carboxylic acids is 2. The zero-order valence-corrected chi connectivity index (χ0v) is 16.2. The predicted octanol–water partition coefficient (Wildman–Crippen LogP) is 2.29. The molecule has 2 heterocycles. The first kappa shape index (κ1) is 19.5. The van der Waals surface area contributed by atoms with Gasteiger partial charge in [0.2, 0.25) is 0 Å². The molecule has 0 radical (unpaired) electrons. The van der Waals surface area contributed by atoms with Crippen molar-refractivity contribution in [2.24, 2.45) is 0 Å². The zero-order chi connectivity index (χ0) is 21.4. The van der Waals surface area contributed by atoms with E-state index in [9.17, 15) is 24.3 Å². The third-order valence-corrected chi connectivity index (χ3v) is 5.80. The van der Waals surface area contributed by atoms with Crippen molar-refractivity contribution in [3.8, 4) is 5.69 Å². The fourth-order valence-electron chi connectivity index (χ4n) is 3.22. The van der Waals surface area contributed by atoms with Gasteiger partial charge in [-0.2, -0.15) is 0 Å². The highest BCUT2D eigenvalue weighted by Gasteiger charge is 2.31. The van der Waals surface area contributed by atoms with E-state index < -0.39 is 23.3 Å². The lowest BCUT2D eigenvalue weighted by molar-refractivity contribution is 0.0692. The van der Waals surface area contributed by atoms with E-state index in [1.807, 2.05) is 0 Å². The van der Waals surface area contributed by atoms with Crippen LogP contribution in [0.15, 0.2) is 64.3 Å². The van der Waals surface area contributed by atoms with Gasteiger partial charge in [-0.1, -0.05) is 24.3 Å². The van der Waals surface area contributed by atoms with E-state index in [0.717, 1.165) is 11.6 Å². The number of carbonyl (C=O) groups is 3. The first-order valence-electron chi connectivity index (χ1n) is 8.82. The number of nitrogen functional groups attached to an aromatic ring is 1. The van der Waals surface area contributed by atoms with Crippen molar-refractivity contribution in [1.29, 1.82) is 0 Å². The molecule has 0 bridgehead atoms. The number of hydrogen-bond donors (Lipinski definition) is 3. The number of nitrogens with two attached hydrogens (primary N) is 1. The molecule has 2 amide bonds. The van der Waals surface area contributed by atoms with Gasteiger partial charge < -0.3 is 10.8 Å². The van der Waals surface area contributed by atoms with Gasteiger partial charge in [0.15, 0.2) is 0 Å². The van der Waals surface area contributed by atoms with Crippen molar-refractivity contribution in [2.75, 3.05) is 5.73 Å². The number of aromatic nitrogens is 1. The number of rotatable bonds is 5. The number of nitrogens with one attached hydrogen (secondary N) is 1. The number of carboxylic acids is 1. The minimum atomic E-state index is -0.984. The Kier molecular flexibility index (Phi) is 4.88. The Hall–Kier alpha value is -3.85. The molecule has 0 fully saturated rings. The maximum Gasteiger partial charge on any atom is 0.336 e. The summed E-state index contributed by atoms with van der Waals surface area (Å²) in [7, 11) is 0. The number of fused-ring (bicyclic) bond motifs is 1. The SMILES string of the molecule is Nc1c2c(cc(=O)n1-c1ccc(CSc3ccccc3C(=O)O)cc1)C(=O)NC2=O. The molecule has 150 valence electrons. The molecule has 0 unspecified atom stereocenters. The summed E-state index contributed by atoms with van der Waals surface area (Å²) >= 11 is 1.39. The van der Waals surface area contributed by atoms with Gasteiger partial charge in [-0.25, -0.2) is 4.79 Å². The molecule has 0 atom stereocenters. The van der Waals surface area contributed by atoms with E-state index in [4.69, 9.17) is 5.73 Å². The van der Waals surface area contributed by atoms with Gasteiger partial charge in [-0.15, -0.1) is 11.8 Å². The fraction of sp³-hybridized carbons (Fsp3) is 0.0476. The van der Waals surface area contributed by atoms with Gasteiger partial charge in [-0.05, 0) is 29.8 Å². The summed E-state index contributed by atoms with van der Waals surface area (Å²) in [6.07, 6.45) is 0. The maximum absolute atomic E-state index is 12.5. The Bertz CT molecular complexity index is 1260. The molecule has 4 rings (SSSR count). The van der Waals surface area contributed by atoms with Crippen molar-refractivity contribution >= 4 is 35.4 Å². The van der Waals surface area contributed by atoms with E-state index in [1.54, 1.807) is 48.5 Å². The van der Waals surface area contributed by atoms with Gasteiger partial charge in [-0.3, -0.25) is 24.3 Å². The van der Waals surface area contributed by atoms with Crippen LogP contribution in [0.5, 0.6) is 0 Å². The Labute approximate surface area is 174 Å². The van der Waals surface area contributed by atoms with Crippen LogP contribution in [-0.4, -0.2) is 27.5 Å². The van der Waals surface area contributed by atoms with Gasteiger partial charge in [0.1, 0.15) is 5.82 Å². The van der Waals surface area contributed by atoms with Crippen molar-refractivity contribution < 1.29 is 19.5 Å². The van der Waals surface area contributed by atoms with Crippen LogP contribution >= 0.6 is 11.8 Å². The number of benzene rings is 2. The Morgan fingerprint density at radius 1 is 1.03 bits per heavy atom. The van der Waals surface area contributed by atoms with E-state index >= 15 is 0 Å². The second kappa shape index (κ2) is 7.53. The number of nitrogens with zero attached hydrogens (tertiary/aromatic N) is 1.